The first kappa shape index (κ1) is 20.1. The fraction of sp³-hybridized carbons (Fsp3) is 0.632. The molecule has 2 rings (SSSR count). The van der Waals surface area contributed by atoms with Crippen LogP contribution >= 0.6 is 11.8 Å². The summed E-state index contributed by atoms with van der Waals surface area (Å²) in [5.74, 6) is 1.46. The molecule has 1 aliphatic heterocycles. The van der Waals surface area contributed by atoms with Crippen LogP contribution in [0.4, 0.5) is 0 Å². The lowest BCUT2D eigenvalue weighted by atomic mass is 10.1. The van der Waals surface area contributed by atoms with Crippen molar-refractivity contribution in [2.75, 3.05) is 53.0 Å². The number of rotatable bonds is 8. The Labute approximate surface area is 156 Å². The normalized spacial score (nSPS) is 18.6. The molecule has 1 fully saturated rings. The van der Waals surface area contributed by atoms with Gasteiger partial charge in [-0.15, -0.1) is 11.8 Å². The minimum Gasteiger partial charge on any atom is -0.379 e. The van der Waals surface area contributed by atoms with Crippen molar-refractivity contribution in [2.45, 2.75) is 24.0 Å². The molecule has 1 aliphatic rings. The van der Waals surface area contributed by atoms with Crippen LogP contribution < -0.4 is 10.6 Å². The van der Waals surface area contributed by atoms with Gasteiger partial charge < -0.3 is 15.4 Å². The molecule has 6 heteroatoms. The molecule has 140 valence electrons. The Balaban J connectivity index is 1.64. The number of hydrogen-bond donors (Lipinski definition) is 2. The van der Waals surface area contributed by atoms with Crippen molar-refractivity contribution < 1.29 is 4.74 Å². The monoisotopic (exact) mass is 364 g/mol. The fourth-order valence-corrected chi connectivity index (χ4v) is 3.74. The second-order valence-electron chi connectivity index (χ2n) is 6.59. The van der Waals surface area contributed by atoms with Crippen molar-refractivity contribution in [1.29, 1.82) is 0 Å². The third-order valence-corrected chi connectivity index (χ3v) is 5.27. The van der Waals surface area contributed by atoms with Crippen molar-refractivity contribution in [3.8, 4) is 0 Å². The maximum atomic E-state index is 5.41. The van der Waals surface area contributed by atoms with E-state index < -0.39 is 0 Å². The number of nitrogens with one attached hydrogen (secondary N) is 2. The van der Waals surface area contributed by atoms with E-state index in [1.165, 1.54) is 4.90 Å². The topological polar surface area (TPSA) is 48.9 Å². The van der Waals surface area contributed by atoms with E-state index in [4.69, 9.17) is 4.74 Å². The number of ether oxygens (including phenoxy) is 1. The van der Waals surface area contributed by atoms with Gasteiger partial charge in [0.15, 0.2) is 5.96 Å². The van der Waals surface area contributed by atoms with Crippen LogP contribution in [-0.2, 0) is 4.74 Å². The van der Waals surface area contributed by atoms with E-state index in [9.17, 15) is 0 Å². The van der Waals surface area contributed by atoms with Gasteiger partial charge in [0.2, 0.25) is 0 Å². The van der Waals surface area contributed by atoms with Crippen LogP contribution in [0.5, 0.6) is 0 Å². The Bertz CT molecular complexity index is 505. The number of morpholine rings is 1. The molecule has 0 saturated carbocycles. The van der Waals surface area contributed by atoms with Crippen LogP contribution in [0.2, 0.25) is 0 Å². The van der Waals surface area contributed by atoms with Gasteiger partial charge in [-0.25, -0.2) is 0 Å². The van der Waals surface area contributed by atoms with Crippen LogP contribution in [0.15, 0.2) is 40.2 Å². The second kappa shape index (κ2) is 11.4. The van der Waals surface area contributed by atoms with Crippen LogP contribution in [0.1, 0.15) is 13.8 Å². The van der Waals surface area contributed by atoms with Gasteiger partial charge in [-0.2, -0.15) is 0 Å². The van der Waals surface area contributed by atoms with E-state index in [1.54, 1.807) is 0 Å². The molecule has 2 N–H and O–H groups in total. The van der Waals surface area contributed by atoms with E-state index in [-0.39, 0.29) is 0 Å². The molecule has 2 unspecified atom stereocenters. The molecule has 1 saturated heterocycles. The maximum Gasteiger partial charge on any atom is 0.191 e. The molecule has 0 spiro atoms. The third-order valence-electron chi connectivity index (χ3n) is 4.15. The Kier molecular flexibility index (Phi) is 9.15. The number of benzene rings is 1. The summed E-state index contributed by atoms with van der Waals surface area (Å²) in [7, 11) is 1.83. The van der Waals surface area contributed by atoms with Crippen LogP contribution in [0, 0.1) is 5.92 Å². The zero-order valence-corrected chi connectivity index (χ0v) is 16.5. The van der Waals surface area contributed by atoms with E-state index in [1.807, 2.05) is 18.8 Å². The van der Waals surface area contributed by atoms with Crippen molar-refractivity contribution in [1.82, 2.24) is 15.5 Å². The van der Waals surface area contributed by atoms with Gasteiger partial charge in [0.25, 0.3) is 0 Å². The summed E-state index contributed by atoms with van der Waals surface area (Å²) in [5, 5.41) is 7.36. The lowest BCUT2D eigenvalue weighted by molar-refractivity contribution is 0.0320. The number of guanidine groups is 1. The summed E-state index contributed by atoms with van der Waals surface area (Å²) in [6.45, 7) is 11.3. The molecule has 0 amide bonds. The minimum atomic E-state index is 0.478. The summed E-state index contributed by atoms with van der Waals surface area (Å²) in [4.78, 5) is 8.12. The van der Waals surface area contributed by atoms with Gasteiger partial charge >= 0.3 is 0 Å². The first-order chi connectivity index (χ1) is 12.2. The van der Waals surface area contributed by atoms with E-state index in [0.717, 1.165) is 51.9 Å². The predicted molar refractivity (Wildman–Crippen MR) is 108 cm³/mol. The predicted octanol–water partition coefficient (Wildman–Crippen LogP) is 2.30. The SMILES string of the molecule is CN=C(NCC(C)CN1CCOCC1)NCC(C)Sc1ccccc1. The van der Waals surface area contributed by atoms with Crippen molar-refractivity contribution in [2.24, 2.45) is 10.9 Å². The zero-order chi connectivity index (χ0) is 17.9. The standard InChI is InChI=1S/C19H32N4OS/c1-16(15-23-9-11-24-12-10-23)13-21-19(20-3)22-14-17(2)25-18-7-5-4-6-8-18/h4-8,16-17H,9-15H2,1-3H3,(H2,20,21,22). The van der Waals surface area contributed by atoms with Gasteiger partial charge in [0.05, 0.1) is 13.2 Å². The minimum absolute atomic E-state index is 0.478. The number of hydrogen-bond acceptors (Lipinski definition) is 4. The number of thioether (sulfide) groups is 1. The average molecular weight is 365 g/mol. The highest BCUT2D eigenvalue weighted by Gasteiger charge is 2.14. The lowest BCUT2D eigenvalue weighted by Crippen LogP contribution is -2.44. The van der Waals surface area contributed by atoms with Crippen LogP contribution in [0.3, 0.4) is 0 Å². The highest BCUT2D eigenvalue weighted by Crippen LogP contribution is 2.21. The summed E-state index contributed by atoms with van der Waals surface area (Å²) < 4.78 is 5.41. The number of aliphatic imine (C=N–C) groups is 1. The van der Waals surface area contributed by atoms with E-state index in [2.05, 4.69) is 64.7 Å². The fourth-order valence-electron chi connectivity index (χ4n) is 2.79. The van der Waals surface area contributed by atoms with Crippen molar-refractivity contribution >= 4 is 17.7 Å². The highest BCUT2D eigenvalue weighted by atomic mass is 32.2. The van der Waals surface area contributed by atoms with Gasteiger partial charge in [-0.1, -0.05) is 32.0 Å². The molecule has 5 nitrogen and oxygen atoms in total. The van der Waals surface area contributed by atoms with Gasteiger partial charge in [-0.05, 0) is 18.1 Å². The van der Waals surface area contributed by atoms with Crippen molar-refractivity contribution in [3.05, 3.63) is 30.3 Å². The molecule has 1 heterocycles. The Morgan fingerprint density at radius 1 is 1.16 bits per heavy atom. The van der Waals surface area contributed by atoms with Crippen LogP contribution in [0.25, 0.3) is 0 Å². The molecule has 0 bridgehead atoms. The Hall–Kier alpha value is -1.24. The molecular weight excluding hydrogens is 332 g/mol. The maximum absolute atomic E-state index is 5.41. The summed E-state index contributed by atoms with van der Waals surface area (Å²) >= 11 is 1.88. The average Bonchev–Trinajstić information content (AvgIpc) is 2.63. The van der Waals surface area contributed by atoms with E-state index in [0.29, 0.717) is 11.2 Å². The molecule has 0 aromatic heterocycles. The molecule has 2 atom stereocenters. The second-order valence-corrected chi connectivity index (χ2v) is 8.11. The van der Waals surface area contributed by atoms with Crippen molar-refractivity contribution in [3.63, 3.8) is 0 Å². The smallest absolute Gasteiger partial charge is 0.191 e. The third kappa shape index (κ3) is 8.12. The van der Waals surface area contributed by atoms with Gasteiger partial charge in [0, 0.05) is 49.9 Å². The lowest BCUT2D eigenvalue weighted by Gasteiger charge is -2.29. The highest BCUT2D eigenvalue weighted by molar-refractivity contribution is 8.00. The zero-order valence-electron chi connectivity index (χ0n) is 15.7. The molecule has 0 aliphatic carbocycles. The summed E-state index contributed by atoms with van der Waals surface area (Å²) in [6.07, 6.45) is 0. The molecule has 1 aromatic rings. The molecular formula is C19H32N4OS. The quantitative estimate of drug-likeness (QED) is 0.421. The number of nitrogens with zero attached hydrogens (tertiary/aromatic N) is 2. The first-order valence-corrected chi connectivity index (χ1v) is 10.0. The first-order valence-electron chi connectivity index (χ1n) is 9.13. The van der Waals surface area contributed by atoms with Gasteiger partial charge in [0.1, 0.15) is 0 Å². The summed E-state index contributed by atoms with van der Waals surface area (Å²) in [6, 6.07) is 10.5. The van der Waals surface area contributed by atoms with Gasteiger partial charge in [-0.3, -0.25) is 9.89 Å². The largest absolute Gasteiger partial charge is 0.379 e. The molecule has 25 heavy (non-hydrogen) atoms. The molecule has 0 radical (unpaired) electrons. The molecule has 1 aromatic carbocycles. The van der Waals surface area contributed by atoms with E-state index >= 15 is 0 Å². The van der Waals surface area contributed by atoms with Crippen LogP contribution in [-0.4, -0.2) is 69.1 Å². The Morgan fingerprint density at radius 2 is 1.84 bits per heavy atom. The summed E-state index contributed by atoms with van der Waals surface area (Å²) in [5.41, 5.74) is 0. The Morgan fingerprint density at radius 3 is 2.52 bits per heavy atom.